The van der Waals surface area contributed by atoms with Gasteiger partial charge in [-0.15, -0.1) is 0 Å². The summed E-state index contributed by atoms with van der Waals surface area (Å²) in [6.45, 7) is 5.56. The van der Waals surface area contributed by atoms with E-state index in [0.717, 1.165) is 21.6 Å². The predicted octanol–water partition coefficient (Wildman–Crippen LogP) is 1.36. The summed E-state index contributed by atoms with van der Waals surface area (Å²) in [5.74, 6) is -0.331. The van der Waals surface area contributed by atoms with Crippen molar-refractivity contribution < 1.29 is 9.59 Å². The Morgan fingerprint density at radius 2 is 2.05 bits per heavy atom. The maximum absolute atomic E-state index is 12.5. The Morgan fingerprint density at radius 1 is 1.40 bits per heavy atom. The van der Waals surface area contributed by atoms with Gasteiger partial charge in [-0.2, -0.15) is 0 Å². The number of aryl methyl sites for hydroxylation is 2. The molecule has 1 atom stereocenters. The van der Waals surface area contributed by atoms with Gasteiger partial charge >= 0.3 is 6.03 Å². The summed E-state index contributed by atoms with van der Waals surface area (Å²) in [6.07, 6.45) is 0. The number of amides is 3. The van der Waals surface area contributed by atoms with Crippen LogP contribution in [0.3, 0.4) is 0 Å². The first-order chi connectivity index (χ1) is 9.25. The number of nitrogens with one attached hydrogen (secondary N) is 1. The second-order valence-electron chi connectivity index (χ2n) is 5.23. The van der Waals surface area contributed by atoms with Gasteiger partial charge in [0.25, 0.3) is 5.91 Å². The second kappa shape index (κ2) is 4.86. The molecule has 0 spiro atoms. The molecule has 1 aliphatic rings. The molecule has 5 nitrogen and oxygen atoms in total. The van der Waals surface area contributed by atoms with E-state index in [2.05, 4.69) is 5.32 Å². The summed E-state index contributed by atoms with van der Waals surface area (Å²) in [4.78, 5) is 25.7. The van der Waals surface area contributed by atoms with Crippen LogP contribution in [-0.4, -0.2) is 28.4 Å². The Kier molecular flexibility index (Phi) is 3.52. The van der Waals surface area contributed by atoms with Crippen LogP contribution < -0.4 is 11.1 Å². The molecule has 106 valence electrons. The number of carbonyl (C=O) groups is 2. The molecular weight excluding hydrogens is 274 g/mol. The van der Waals surface area contributed by atoms with E-state index >= 15 is 0 Å². The zero-order valence-electron chi connectivity index (χ0n) is 11.7. The number of thiocarbonyl (C=S) groups is 1. The zero-order valence-corrected chi connectivity index (χ0v) is 12.5. The molecule has 6 heteroatoms. The van der Waals surface area contributed by atoms with Gasteiger partial charge in [-0.25, -0.2) is 4.79 Å². The Balaban J connectivity index is 2.43. The van der Waals surface area contributed by atoms with Gasteiger partial charge in [0.15, 0.2) is 0 Å². The van der Waals surface area contributed by atoms with E-state index in [9.17, 15) is 9.59 Å². The zero-order chi connectivity index (χ0) is 15.1. The lowest BCUT2D eigenvalue weighted by atomic mass is 9.88. The van der Waals surface area contributed by atoms with Crippen LogP contribution in [0.1, 0.15) is 23.6 Å². The maximum atomic E-state index is 12.5. The molecule has 0 bridgehead atoms. The maximum Gasteiger partial charge on any atom is 0.325 e. The fourth-order valence-electron chi connectivity index (χ4n) is 2.55. The summed E-state index contributed by atoms with van der Waals surface area (Å²) in [6, 6.07) is 5.30. The van der Waals surface area contributed by atoms with Crippen LogP contribution in [0.5, 0.6) is 0 Å². The highest BCUT2D eigenvalue weighted by Crippen LogP contribution is 2.31. The van der Waals surface area contributed by atoms with Crippen molar-refractivity contribution in [3.63, 3.8) is 0 Å². The number of imide groups is 1. The largest absolute Gasteiger partial charge is 0.392 e. The number of carbonyl (C=O) groups excluding carboxylic acids is 2. The fraction of sp³-hybridized carbons (Fsp3) is 0.357. The van der Waals surface area contributed by atoms with E-state index in [-0.39, 0.29) is 17.4 Å². The molecule has 20 heavy (non-hydrogen) atoms. The van der Waals surface area contributed by atoms with E-state index in [0.29, 0.717) is 0 Å². The van der Waals surface area contributed by atoms with Crippen molar-refractivity contribution in [2.24, 2.45) is 5.73 Å². The SMILES string of the molecule is Cc1ccc(C2(C)NC(=O)N(CC(N)=S)C2=O)c(C)c1. The van der Waals surface area contributed by atoms with E-state index in [1.54, 1.807) is 6.92 Å². The highest BCUT2D eigenvalue weighted by atomic mass is 32.1. The first-order valence-corrected chi connectivity index (χ1v) is 6.66. The smallest absolute Gasteiger partial charge is 0.325 e. The molecule has 1 unspecified atom stereocenters. The van der Waals surface area contributed by atoms with Crippen molar-refractivity contribution in [1.82, 2.24) is 10.2 Å². The summed E-state index contributed by atoms with van der Waals surface area (Å²) in [5.41, 5.74) is 7.21. The minimum absolute atomic E-state index is 0.0412. The monoisotopic (exact) mass is 291 g/mol. The van der Waals surface area contributed by atoms with Crippen LogP contribution >= 0.6 is 12.2 Å². The average molecular weight is 291 g/mol. The predicted molar refractivity (Wildman–Crippen MR) is 80.3 cm³/mol. The number of benzene rings is 1. The molecule has 1 heterocycles. The third kappa shape index (κ3) is 2.27. The van der Waals surface area contributed by atoms with Crippen molar-refractivity contribution in [3.8, 4) is 0 Å². The molecule has 1 saturated heterocycles. The lowest BCUT2D eigenvalue weighted by molar-refractivity contribution is -0.130. The van der Waals surface area contributed by atoms with Crippen LogP contribution in [0.25, 0.3) is 0 Å². The number of urea groups is 1. The molecule has 1 aromatic carbocycles. The van der Waals surface area contributed by atoms with Crippen LogP contribution in [-0.2, 0) is 10.3 Å². The summed E-state index contributed by atoms with van der Waals surface area (Å²) < 4.78 is 0. The highest BCUT2D eigenvalue weighted by molar-refractivity contribution is 7.80. The van der Waals surface area contributed by atoms with Crippen LogP contribution in [0.15, 0.2) is 18.2 Å². The molecule has 2 rings (SSSR count). The standard InChI is InChI=1S/C14H17N3O2S/c1-8-4-5-10(9(2)6-8)14(3)12(18)17(7-11(15)20)13(19)16-14/h4-6H,7H2,1-3H3,(H2,15,20)(H,16,19). The van der Waals surface area contributed by atoms with Gasteiger partial charge in [0, 0.05) is 0 Å². The van der Waals surface area contributed by atoms with Crippen molar-refractivity contribution >= 4 is 29.1 Å². The number of nitrogens with zero attached hydrogens (tertiary/aromatic N) is 1. The lowest BCUT2D eigenvalue weighted by Crippen LogP contribution is -2.42. The Morgan fingerprint density at radius 3 is 2.60 bits per heavy atom. The summed E-state index contributed by atoms with van der Waals surface area (Å²) in [7, 11) is 0. The quantitative estimate of drug-likeness (QED) is 0.651. The Hall–Kier alpha value is -1.95. The normalized spacial score (nSPS) is 22.1. The Labute approximate surface area is 123 Å². The molecule has 0 saturated carbocycles. The molecule has 3 amide bonds. The number of hydrogen-bond acceptors (Lipinski definition) is 3. The van der Waals surface area contributed by atoms with Gasteiger partial charge in [0.2, 0.25) is 0 Å². The molecule has 1 aliphatic heterocycles. The van der Waals surface area contributed by atoms with E-state index < -0.39 is 11.6 Å². The lowest BCUT2D eigenvalue weighted by Gasteiger charge is -2.24. The minimum Gasteiger partial charge on any atom is -0.392 e. The molecular formula is C14H17N3O2S. The highest BCUT2D eigenvalue weighted by Gasteiger charge is 2.49. The topological polar surface area (TPSA) is 75.4 Å². The molecule has 0 radical (unpaired) electrons. The Bertz CT molecular complexity index is 614. The summed E-state index contributed by atoms with van der Waals surface area (Å²) >= 11 is 4.78. The fourth-order valence-corrected chi connectivity index (χ4v) is 2.68. The van der Waals surface area contributed by atoms with Crippen LogP contribution in [0, 0.1) is 13.8 Å². The van der Waals surface area contributed by atoms with Gasteiger partial charge in [-0.3, -0.25) is 9.69 Å². The van der Waals surface area contributed by atoms with Crippen molar-refractivity contribution in [3.05, 3.63) is 34.9 Å². The average Bonchev–Trinajstić information content (AvgIpc) is 2.53. The van der Waals surface area contributed by atoms with Gasteiger partial charge in [-0.05, 0) is 31.9 Å². The third-order valence-corrected chi connectivity index (χ3v) is 3.64. The molecule has 0 aromatic heterocycles. The molecule has 0 aliphatic carbocycles. The van der Waals surface area contributed by atoms with E-state index in [1.165, 1.54) is 0 Å². The van der Waals surface area contributed by atoms with Gasteiger partial charge in [0.05, 0.1) is 11.5 Å². The van der Waals surface area contributed by atoms with Crippen molar-refractivity contribution in [2.75, 3.05) is 6.54 Å². The van der Waals surface area contributed by atoms with Gasteiger partial charge in [-0.1, -0.05) is 36.0 Å². The molecule has 3 N–H and O–H groups in total. The van der Waals surface area contributed by atoms with Crippen molar-refractivity contribution in [2.45, 2.75) is 26.3 Å². The second-order valence-corrected chi connectivity index (χ2v) is 5.76. The summed E-state index contributed by atoms with van der Waals surface area (Å²) in [5, 5.41) is 2.73. The number of nitrogens with two attached hydrogens (primary N) is 1. The van der Waals surface area contributed by atoms with Crippen molar-refractivity contribution in [1.29, 1.82) is 0 Å². The molecule has 1 fully saturated rings. The molecule has 1 aromatic rings. The third-order valence-electron chi connectivity index (χ3n) is 3.51. The van der Waals surface area contributed by atoms with E-state index in [1.807, 2.05) is 32.0 Å². The first kappa shape index (κ1) is 14.5. The van der Waals surface area contributed by atoms with Gasteiger partial charge in [0.1, 0.15) is 5.54 Å². The van der Waals surface area contributed by atoms with Crippen LogP contribution in [0.2, 0.25) is 0 Å². The number of rotatable bonds is 3. The van der Waals surface area contributed by atoms with Crippen LogP contribution in [0.4, 0.5) is 4.79 Å². The number of hydrogen-bond donors (Lipinski definition) is 2. The first-order valence-electron chi connectivity index (χ1n) is 6.26. The van der Waals surface area contributed by atoms with Gasteiger partial charge < -0.3 is 11.1 Å². The minimum atomic E-state index is -1.07. The van der Waals surface area contributed by atoms with E-state index in [4.69, 9.17) is 18.0 Å².